The molecule has 0 saturated carbocycles. The molecule has 4 nitrogen and oxygen atoms in total. The number of nitrogens with zero attached hydrogens (tertiary/aromatic N) is 1. The van der Waals surface area contributed by atoms with Gasteiger partial charge in [-0.25, -0.2) is 4.79 Å². The third-order valence-corrected chi connectivity index (χ3v) is 3.73. The first-order valence-corrected chi connectivity index (χ1v) is 7.85. The molecule has 1 unspecified atom stereocenters. The Morgan fingerprint density at radius 3 is 2.70 bits per heavy atom. The molecule has 0 fully saturated rings. The lowest BCUT2D eigenvalue weighted by Crippen LogP contribution is -2.21. The van der Waals surface area contributed by atoms with Crippen molar-refractivity contribution in [3.05, 3.63) is 65.7 Å². The maximum Gasteiger partial charge on any atom is 0.335 e. The van der Waals surface area contributed by atoms with Gasteiger partial charge in [0.1, 0.15) is 11.9 Å². The SMILES string of the molecule is CCCC(=O)O/N=C1\CC(c2ccccc2)Oc2ccccc21. The van der Waals surface area contributed by atoms with Crippen LogP contribution in [0.25, 0.3) is 0 Å². The molecule has 1 heterocycles. The molecule has 0 aliphatic carbocycles. The van der Waals surface area contributed by atoms with Crippen molar-refractivity contribution in [3.8, 4) is 5.75 Å². The molecule has 0 N–H and O–H groups in total. The van der Waals surface area contributed by atoms with Gasteiger partial charge in [0, 0.05) is 18.4 Å². The molecule has 0 radical (unpaired) electrons. The minimum atomic E-state index is -0.305. The molecule has 0 saturated heterocycles. The van der Waals surface area contributed by atoms with Crippen molar-refractivity contribution in [1.82, 2.24) is 0 Å². The lowest BCUT2D eigenvalue weighted by Gasteiger charge is -2.27. The number of oxime groups is 1. The van der Waals surface area contributed by atoms with Gasteiger partial charge in [-0.1, -0.05) is 54.5 Å². The third-order valence-electron chi connectivity index (χ3n) is 3.73. The summed E-state index contributed by atoms with van der Waals surface area (Å²) in [5.74, 6) is 0.457. The lowest BCUT2D eigenvalue weighted by atomic mass is 9.96. The summed E-state index contributed by atoms with van der Waals surface area (Å²) in [6, 6.07) is 17.7. The van der Waals surface area contributed by atoms with Crippen molar-refractivity contribution in [1.29, 1.82) is 0 Å². The van der Waals surface area contributed by atoms with Gasteiger partial charge in [-0.2, -0.15) is 0 Å². The van der Waals surface area contributed by atoms with E-state index >= 15 is 0 Å². The monoisotopic (exact) mass is 309 g/mol. The number of carbonyl (C=O) groups is 1. The average Bonchev–Trinajstić information content (AvgIpc) is 2.60. The van der Waals surface area contributed by atoms with E-state index in [0.717, 1.165) is 29.0 Å². The summed E-state index contributed by atoms with van der Waals surface area (Å²) in [5, 5.41) is 4.11. The van der Waals surface area contributed by atoms with Gasteiger partial charge in [-0.15, -0.1) is 0 Å². The summed E-state index contributed by atoms with van der Waals surface area (Å²) in [6.07, 6.45) is 1.56. The van der Waals surface area contributed by atoms with Crippen LogP contribution in [0.3, 0.4) is 0 Å². The van der Waals surface area contributed by atoms with E-state index in [2.05, 4.69) is 5.16 Å². The first-order valence-electron chi connectivity index (χ1n) is 7.85. The molecule has 0 aromatic heterocycles. The van der Waals surface area contributed by atoms with Crippen molar-refractivity contribution < 1.29 is 14.4 Å². The summed E-state index contributed by atoms with van der Waals surface area (Å²) >= 11 is 0. The second-order valence-corrected chi connectivity index (χ2v) is 5.47. The molecule has 1 aliphatic rings. The molecule has 0 bridgehead atoms. The largest absolute Gasteiger partial charge is 0.485 e. The number of benzene rings is 2. The van der Waals surface area contributed by atoms with Crippen molar-refractivity contribution in [2.45, 2.75) is 32.3 Å². The number of para-hydroxylation sites is 1. The Bertz CT molecular complexity index is 710. The second-order valence-electron chi connectivity index (χ2n) is 5.47. The quantitative estimate of drug-likeness (QED) is 0.626. The molecule has 4 heteroatoms. The maximum atomic E-state index is 11.6. The highest BCUT2D eigenvalue weighted by Gasteiger charge is 2.26. The fourth-order valence-electron chi connectivity index (χ4n) is 2.58. The van der Waals surface area contributed by atoms with E-state index in [1.165, 1.54) is 0 Å². The predicted octanol–water partition coefficient (Wildman–Crippen LogP) is 4.26. The Morgan fingerprint density at radius 2 is 1.91 bits per heavy atom. The normalized spacial score (nSPS) is 18.1. The highest BCUT2D eigenvalue weighted by Crippen LogP contribution is 2.35. The Labute approximate surface area is 135 Å². The van der Waals surface area contributed by atoms with Gasteiger partial charge < -0.3 is 9.57 Å². The summed E-state index contributed by atoms with van der Waals surface area (Å²) in [4.78, 5) is 16.6. The molecular formula is C19H19NO3. The van der Waals surface area contributed by atoms with Crippen LogP contribution in [-0.2, 0) is 9.63 Å². The number of carbonyl (C=O) groups excluding carboxylic acids is 1. The summed E-state index contributed by atoms with van der Waals surface area (Å²) in [6.45, 7) is 1.93. The number of hydrogen-bond donors (Lipinski definition) is 0. The molecule has 2 aromatic rings. The Kier molecular flexibility index (Phi) is 4.71. The first kappa shape index (κ1) is 15.3. The van der Waals surface area contributed by atoms with Gasteiger partial charge >= 0.3 is 5.97 Å². The van der Waals surface area contributed by atoms with Gasteiger partial charge in [-0.05, 0) is 24.1 Å². The third kappa shape index (κ3) is 3.59. The lowest BCUT2D eigenvalue weighted by molar-refractivity contribution is -0.143. The minimum Gasteiger partial charge on any atom is -0.485 e. The van der Waals surface area contributed by atoms with Gasteiger partial charge in [0.25, 0.3) is 0 Å². The van der Waals surface area contributed by atoms with Crippen molar-refractivity contribution in [3.63, 3.8) is 0 Å². The van der Waals surface area contributed by atoms with Crippen LogP contribution >= 0.6 is 0 Å². The molecule has 2 aromatic carbocycles. The van der Waals surface area contributed by atoms with Gasteiger partial charge in [0.05, 0.1) is 5.71 Å². The van der Waals surface area contributed by atoms with E-state index in [1.54, 1.807) is 0 Å². The average molecular weight is 309 g/mol. The van der Waals surface area contributed by atoms with Gasteiger partial charge in [0.15, 0.2) is 0 Å². The zero-order chi connectivity index (χ0) is 16.1. The van der Waals surface area contributed by atoms with Crippen molar-refractivity contribution in [2.75, 3.05) is 0 Å². The van der Waals surface area contributed by atoms with E-state index in [0.29, 0.717) is 12.8 Å². The highest BCUT2D eigenvalue weighted by molar-refractivity contribution is 6.04. The van der Waals surface area contributed by atoms with E-state index in [1.807, 2.05) is 61.5 Å². The topological polar surface area (TPSA) is 47.9 Å². The van der Waals surface area contributed by atoms with Crippen LogP contribution in [0.5, 0.6) is 5.75 Å². The first-order chi connectivity index (χ1) is 11.3. The van der Waals surface area contributed by atoms with Gasteiger partial charge in [-0.3, -0.25) is 0 Å². The molecule has 118 valence electrons. The molecule has 23 heavy (non-hydrogen) atoms. The van der Waals surface area contributed by atoms with E-state index in [9.17, 15) is 4.79 Å². The van der Waals surface area contributed by atoms with Crippen LogP contribution in [-0.4, -0.2) is 11.7 Å². The fourth-order valence-corrected chi connectivity index (χ4v) is 2.58. The van der Waals surface area contributed by atoms with Crippen LogP contribution in [0.15, 0.2) is 59.8 Å². The smallest absolute Gasteiger partial charge is 0.335 e. The fraction of sp³-hybridized carbons (Fsp3) is 0.263. The Morgan fingerprint density at radius 1 is 1.17 bits per heavy atom. The summed E-state index contributed by atoms with van der Waals surface area (Å²) in [7, 11) is 0. The molecule has 0 spiro atoms. The molecule has 1 atom stereocenters. The van der Waals surface area contributed by atoms with Gasteiger partial charge in [0.2, 0.25) is 0 Å². The summed E-state index contributed by atoms with van der Waals surface area (Å²) in [5.41, 5.74) is 2.70. The zero-order valence-corrected chi connectivity index (χ0v) is 13.1. The molecule has 0 amide bonds. The standard InChI is InChI=1S/C19H19NO3/c1-2-8-19(21)23-20-16-13-18(14-9-4-3-5-10-14)22-17-12-7-6-11-15(16)17/h3-7,9-12,18H,2,8,13H2,1H3/b20-16+. The number of fused-ring (bicyclic) bond motifs is 1. The predicted molar refractivity (Wildman–Crippen MR) is 88.4 cm³/mol. The maximum absolute atomic E-state index is 11.6. The van der Waals surface area contributed by atoms with Crippen LogP contribution in [0, 0.1) is 0 Å². The Balaban J connectivity index is 1.88. The number of hydrogen-bond acceptors (Lipinski definition) is 4. The highest BCUT2D eigenvalue weighted by atomic mass is 16.7. The van der Waals surface area contributed by atoms with Crippen LogP contribution in [0.1, 0.15) is 43.4 Å². The van der Waals surface area contributed by atoms with E-state index in [-0.39, 0.29) is 12.1 Å². The van der Waals surface area contributed by atoms with Crippen LogP contribution in [0.2, 0.25) is 0 Å². The van der Waals surface area contributed by atoms with Crippen LogP contribution in [0.4, 0.5) is 0 Å². The molecule has 3 rings (SSSR count). The van der Waals surface area contributed by atoms with E-state index < -0.39 is 0 Å². The van der Waals surface area contributed by atoms with E-state index in [4.69, 9.17) is 9.57 Å². The molecule has 1 aliphatic heterocycles. The van der Waals surface area contributed by atoms with Crippen molar-refractivity contribution >= 4 is 11.7 Å². The summed E-state index contributed by atoms with van der Waals surface area (Å²) < 4.78 is 6.08. The van der Waals surface area contributed by atoms with Crippen molar-refractivity contribution in [2.24, 2.45) is 5.16 Å². The zero-order valence-electron chi connectivity index (χ0n) is 13.1. The number of rotatable bonds is 4. The Hall–Kier alpha value is -2.62. The minimum absolute atomic E-state index is 0.130. The second kappa shape index (κ2) is 7.09. The number of ether oxygens (including phenoxy) is 1. The molecular weight excluding hydrogens is 290 g/mol. The van der Waals surface area contributed by atoms with Crippen LogP contribution < -0.4 is 4.74 Å².